The number of hydrogen-bond acceptors (Lipinski definition) is 3. The number of H-pyrrole nitrogens is 1. The summed E-state index contributed by atoms with van der Waals surface area (Å²) in [6.45, 7) is 0.989. The molecule has 2 unspecified atom stereocenters. The first kappa shape index (κ1) is 17.8. The lowest BCUT2D eigenvalue weighted by atomic mass is 10.1. The summed E-state index contributed by atoms with van der Waals surface area (Å²) in [6, 6.07) is 2.27. The summed E-state index contributed by atoms with van der Waals surface area (Å²) in [6.07, 6.45) is -1.79. The van der Waals surface area contributed by atoms with Gasteiger partial charge in [0.05, 0.1) is 0 Å². The molecule has 2 N–H and O–H groups in total. The van der Waals surface area contributed by atoms with E-state index in [0.29, 0.717) is 19.1 Å². The number of carbonyl (C=O) groups excluding carboxylic acids is 1. The second-order valence-corrected chi connectivity index (χ2v) is 5.79. The van der Waals surface area contributed by atoms with E-state index in [1.165, 1.54) is 0 Å². The number of amides is 1. The fourth-order valence-electron chi connectivity index (χ4n) is 3.11. The zero-order chi connectivity index (χ0) is 15.9. The molecule has 128 valence electrons. The number of fused-ring (bicyclic) bond motifs is 2. The van der Waals surface area contributed by atoms with Crippen molar-refractivity contribution in [1.29, 1.82) is 0 Å². The van der Waals surface area contributed by atoms with Crippen LogP contribution in [0.25, 0.3) is 0 Å². The molecule has 0 aliphatic carbocycles. The van der Waals surface area contributed by atoms with E-state index in [9.17, 15) is 22.8 Å². The first-order chi connectivity index (χ1) is 10.3. The molecule has 0 radical (unpaired) electrons. The van der Waals surface area contributed by atoms with Crippen LogP contribution >= 0.6 is 12.4 Å². The van der Waals surface area contributed by atoms with E-state index in [1.807, 2.05) is 0 Å². The van der Waals surface area contributed by atoms with Crippen molar-refractivity contribution in [2.75, 3.05) is 13.1 Å². The van der Waals surface area contributed by atoms with Crippen LogP contribution in [0, 0.1) is 0 Å². The molecule has 2 fully saturated rings. The Hall–Kier alpha value is -1.54. The summed E-state index contributed by atoms with van der Waals surface area (Å²) < 4.78 is 37.6. The number of rotatable bonds is 1. The van der Waals surface area contributed by atoms with E-state index in [0.717, 1.165) is 31.4 Å². The van der Waals surface area contributed by atoms with Crippen molar-refractivity contribution in [3.05, 3.63) is 33.7 Å². The maximum Gasteiger partial charge on any atom is 0.431 e. The van der Waals surface area contributed by atoms with E-state index in [-0.39, 0.29) is 24.0 Å². The van der Waals surface area contributed by atoms with Gasteiger partial charge in [-0.2, -0.15) is 13.2 Å². The first-order valence-corrected chi connectivity index (χ1v) is 7.20. The molecule has 3 rings (SSSR count). The van der Waals surface area contributed by atoms with E-state index >= 15 is 0 Å². The normalized spacial score (nSPS) is 24.0. The van der Waals surface area contributed by atoms with Gasteiger partial charge in [-0.25, -0.2) is 0 Å². The molecule has 0 saturated carbocycles. The van der Waals surface area contributed by atoms with Crippen molar-refractivity contribution in [3.63, 3.8) is 0 Å². The highest BCUT2D eigenvalue weighted by atomic mass is 35.5. The summed E-state index contributed by atoms with van der Waals surface area (Å²) in [4.78, 5) is 27.5. The van der Waals surface area contributed by atoms with Crippen LogP contribution in [0.1, 0.15) is 35.3 Å². The van der Waals surface area contributed by atoms with Crippen LogP contribution in [0.4, 0.5) is 13.2 Å². The van der Waals surface area contributed by atoms with Crippen LogP contribution in [0.5, 0.6) is 0 Å². The topological polar surface area (TPSA) is 65.2 Å². The standard InChI is InChI=1S/C14H16F3N3O2.ClH/c15-14(16,17)11-4-3-10(12(21)19-11)13(22)20-6-5-8-1-2-9(7-20)18-8;/h3-4,8-9,18H,1-2,5-7H2,(H,19,21);1H. The third-order valence-electron chi connectivity index (χ3n) is 4.26. The number of pyridine rings is 1. The van der Waals surface area contributed by atoms with Crippen LogP contribution < -0.4 is 10.9 Å². The lowest BCUT2D eigenvalue weighted by Crippen LogP contribution is -2.41. The number of halogens is 4. The van der Waals surface area contributed by atoms with Crippen molar-refractivity contribution < 1.29 is 18.0 Å². The smallest absolute Gasteiger partial charge is 0.337 e. The van der Waals surface area contributed by atoms with Gasteiger partial charge in [0.15, 0.2) is 0 Å². The predicted octanol–water partition coefficient (Wildman–Crippen LogP) is 1.78. The van der Waals surface area contributed by atoms with Crippen LogP contribution in [-0.2, 0) is 6.18 Å². The molecular formula is C14H17ClF3N3O2. The molecule has 2 aliphatic rings. The van der Waals surface area contributed by atoms with Gasteiger partial charge >= 0.3 is 6.18 Å². The van der Waals surface area contributed by atoms with E-state index in [2.05, 4.69) is 5.32 Å². The fourth-order valence-corrected chi connectivity index (χ4v) is 3.11. The van der Waals surface area contributed by atoms with Gasteiger partial charge in [0.2, 0.25) is 0 Å². The average molecular weight is 352 g/mol. The maximum atomic E-state index is 12.5. The minimum absolute atomic E-state index is 0. The summed E-state index contributed by atoms with van der Waals surface area (Å²) in [5.41, 5.74) is -2.39. The molecule has 2 aliphatic heterocycles. The second-order valence-electron chi connectivity index (χ2n) is 5.79. The van der Waals surface area contributed by atoms with Crippen molar-refractivity contribution in [2.45, 2.75) is 37.5 Å². The van der Waals surface area contributed by atoms with Gasteiger partial charge in [-0.3, -0.25) is 9.59 Å². The molecule has 0 aromatic carbocycles. The molecule has 9 heteroatoms. The van der Waals surface area contributed by atoms with E-state index in [1.54, 1.807) is 9.88 Å². The molecule has 1 amide bonds. The highest BCUT2D eigenvalue weighted by molar-refractivity contribution is 5.93. The second kappa shape index (κ2) is 6.52. The van der Waals surface area contributed by atoms with Gasteiger partial charge < -0.3 is 15.2 Å². The number of nitrogens with zero attached hydrogens (tertiary/aromatic N) is 1. The van der Waals surface area contributed by atoms with Gasteiger partial charge in [0.25, 0.3) is 11.5 Å². The predicted molar refractivity (Wildman–Crippen MR) is 79.8 cm³/mol. The van der Waals surface area contributed by atoms with Crippen LogP contribution in [0.3, 0.4) is 0 Å². The average Bonchev–Trinajstić information content (AvgIpc) is 2.76. The number of aromatic amines is 1. The van der Waals surface area contributed by atoms with Gasteiger partial charge in [-0.1, -0.05) is 0 Å². The molecule has 23 heavy (non-hydrogen) atoms. The van der Waals surface area contributed by atoms with Gasteiger partial charge in [0, 0.05) is 25.2 Å². The Morgan fingerprint density at radius 2 is 1.87 bits per heavy atom. The third kappa shape index (κ3) is 3.69. The summed E-state index contributed by atoms with van der Waals surface area (Å²) >= 11 is 0. The van der Waals surface area contributed by atoms with Crippen molar-refractivity contribution >= 4 is 18.3 Å². The zero-order valence-corrected chi connectivity index (χ0v) is 13.0. The molecule has 1 aromatic heterocycles. The van der Waals surface area contributed by atoms with E-state index in [4.69, 9.17) is 0 Å². The van der Waals surface area contributed by atoms with Crippen molar-refractivity contribution in [2.24, 2.45) is 0 Å². The number of alkyl halides is 3. The first-order valence-electron chi connectivity index (χ1n) is 7.20. The number of carbonyl (C=O) groups is 1. The Morgan fingerprint density at radius 1 is 1.17 bits per heavy atom. The fraction of sp³-hybridized carbons (Fsp3) is 0.571. The maximum absolute atomic E-state index is 12.5. The molecule has 3 heterocycles. The number of aromatic nitrogens is 1. The molecular weight excluding hydrogens is 335 g/mol. The number of nitrogens with one attached hydrogen (secondary N) is 2. The number of hydrogen-bond donors (Lipinski definition) is 2. The van der Waals surface area contributed by atoms with E-state index < -0.39 is 23.3 Å². The van der Waals surface area contributed by atoms with Crippen molar-refractivity contribution in [1.82, 2.24) is 15.2 Å². The molecule has 2 saturated heterocycles. The summed E-state index contributed by atoms with van der Waals surface area (Å²) in [5.74, 6) is -0.510. The minimum Gasteiger partial charge on any atom is -0.337 e. The van der Waals surface area contributed by atoms with Gasteiger partial charge in [-0.05, 0) is 31.4 Å². The van der Waals surface area contributed by atoms with Crippen LogP contribution in [-0.4, -0.2) is 41.0 Å². The molecule has 0 spiro atoms. The zero-order valence-electron chi connectivity index (χ0n) is 12.2. The SMILES string of the molecule is Cl.O=C(c1ccc(C(F)(F)F)[nH]c1=O)N1CCC2CCC(C1)N2. The van der Waals surface area contributed by atoms with Crippen LogP contribution in [0.2, 0.25) is 0 Å². The molecule has 2 bridgehead atoms. The molecule has 5 nitrogen and oxygen atoms in total. The number of likely N-dealkylation sites (tertiary alicyclic amines) is 1. The van der Waals surface area contributed by atoms with Gasteiger partial charge in [-0.15, -0.1) is 12.4 Å². The molecule has 1 aromatic rings. The Balaban J connectivity index is 0.00000192. The Bertz CT molecular complexity index is 647. The Kier molecular flexibility index (Phi) is 5.05. The quantitative estimate of drug-likeness (QED) is 0.810. The van der Waals surface area contributed by atoms with Crippen molar-refractivity contribution in [3.8, 4) is 0 Å². The van der Waals surface area contributed by atoms with Gasteiger partial charge in [0.1, 0.15) is 11.3 Å². The lowest BCUT2D eigenvalue weighted by molar-refractivity contribution is -0.141. The summed E-state index contributed by atoms with van der Waals surface area (Å²) in [7, 11) is 0. The van der Waals surface area contributed by atoms with Crippen LogP contribution in [0.15, 0.2) is 16.9 Å². The largest absolute Gasteiger partial charge is 0.431 e. The Morgan fingerprint density at radius 3 is 2.52 bits per heavy atom. The Labute approximate surface area is 136 Å². The third-order valence-corrected chi connectivity index (χ3v) is 4.26. The minimum atomic E-state index is -4.63. The lowest BCUT2D eigenvalue weighted by Gasteiger charge is -2.24. The monoisotopic (exact) mass is 351 g/mol. The molecule has 2 atom stereocenters. The highest BCUT2D eigenvalue weighted by Crippen LogP contribution is 2.26. The summed E-state index contributed by atoms with van der Waals surface area (Å²) in [5, 5.41) is 3.40. The highest BCUT2D eigenvalue weighted by Gasteiger charge is 2.34.